The number of benzene rings is 1. The second kappa shape index (κ2) is 4.93. The number of aromatic nitrogens is 1. The van der Waals surface area contributed by atoms with Crippen LogP contribution in [-0.4, -0.2) is 17.8 Å². The molecule has 0 bridgehead atoms. The van der Waals surface area contributed by atoms with Gasteiger partial charge in [0.1, 0.15) is 0 Å². The summed E-state index contributed by atoms with van der Waals surface area (Å²) in [5.74, 6) is 1.64. The molecule has 0 unspecified atom stereocenters. The van der Waals surface area contributed by atoms with E-state index in [4.69, 9.17) is 16.3 Å². The average Bonchev–Trinajstić information content (AvgIpc) is 2.29. The van der Waals surface area contributed by atoms with Crippen molar-refractivity contribution in [3.63, 3.8) is 0 Å². The van der Waals surface area contributed by atoms with Crippen molar-refractivity contribution in [3.05, 3.63) is 29.4 Å². The molecule has 0 atom stereocenters. The Labute approximate surface area is 104 Å². The van der Waals surface area contributed by atoms with Gasteiger partial charge in [0, 0.05) is 26.9 Å². The second-order valence-corrected chi connectivity index (χ2v) is 5.00. The van der Waals surface area contributed by atoms with Crippen LogP contribution >= 0.6 is 23.4 Å². The number of hydrogen-bond donors (Lipinski definition) is 0. The van der Waals surface area contributed by atoms with Crippen molar-refractivity contribution in [2.24, 2.45) is 0 Å². The number of hydrogen-bond acceptors (Lipinski definition) is 3. The smallest absolute Gasteiger partial charge is 0.221 e. The summed E-state index contributed by atoms with van der Waals surface area (Å²) in [7, 11) is 1.62. The van der Waals surface area contributed by atoms with Gasteiger partial charge in [-0.25, -0.2) is 4.98 Å². The minimum Gasteiger partial charge on any atom is -0.481 e. The summed E-state index contributed by atoms with van der Waals surface area (Å²) < 4.78 is 5.24. The summed E-state index contributed by atoms with van der Waals surface area (Å²) in [6, 6.07) is 5.80. The number of thioether (sulfide) groups is 1. The zero-order valence-corrected chi connectivity index (χ0v) is 10.7. The van der Waals surface area contributed by atoms with E-state index >= 15 is 0 Å². The van der Waals surface area contributed by atoms with Gasteiger partial charge in [-0.05, 0) is 17.9 Å². The molecule has 0 radical (unpaired) electrons. The Morgan fingerprint density at radius 2 is 2.19 bits per heavy atom. The quantitative estimate of drug-likeness (QED) is 0.772. The zero-order valence-electron chi connectivity index (χ0n) is 9.16. The van der Waals surface area contributed by atoms with Crippen LogP contribution in [-0.2, 0) is 0 Å². The maximum Gasteiger partial charge on any atom is 0.221 e. The Morgan fingerprint density at radius 3 is 2.88 bits per heavy atom. The minimum atomic E-state index is 0.623. The molecule has 0 aliphatic heterocycles. The van der Waals surface area contributed by atoms with Crippen LogP contribution in [0.4, 0.5) is 0 Å². The number of pyridine rings is 1. The van der Waals surface area contributed by atoms with Crippen LogP contribution in [0.5, 0.6) is 5.88 Å². The summed E-state index contributed by atoms with van der Waals surface area (Å²) in [6.45, 7) is 2.12. The average molecular weight is 254 g/mol. The molecule has 0 aliphatic carbocycles. The highest BCUT2D eigenvalue weighted by Crippen LogP contribution is 2.33. The summed E-state index contributed by atoms with van der Waals surface area (Å²) in [6.07, 6.45) is 1.85. The van der Waals surface area contributed by atoms with Gasteiger partial charge in [-0.1, -0.05) is 24.6 Å². The second-order valence-electron chi connectivity index (χ2n) is 3.25. The van der Waals surface area contributed by atoms with Crippen LogP contribution in [0.2, 0.25) is 5.02 Å². The molecule has 2 nitrogen and oxygen atoms in total. The molecule has 2 rings (SSSR count). The number of nitrogens with zero attached hydrogens (tertiary/aromatic N) is 1. The van der Waals surface area contributed by atoms with Gasteiger partial charge < -0.3 is 4.74 Å². The van der Waals surface area contributed by atoms with E-state index in [2.05, 4.69) is 11.9 Å². The summed E-state index contributed by atoms with van der Waals surface area (Å²) >= 11 is 7.76. The third-order valence-electron chi connectivity index (χ3n) is 2.27. The van der Waals surface area contributed by atoms with Crippen molar-refractivity contribution < 1.29 is 4.74 Å². The van der Waals surface area contributed by atoms with Crippen molar-refractivity contribution in [1.82, 2.24) is 4.98 Å². The summed E-state index contributed by atoms with van der Waals surface area (Å²) in [4.78, 5) is 5.45. The van der Waals surface area contributed by atoms with Crippen LogP contribution < -0.4 is 4.74 Å². The minimum absolute atomic E-state index is 0.623. The van der Waals surface area contributed by atoms with Crippen molar-refractivity contribution in [3.8, 4) is 5.88 Å². The van der Waals surface area contributed by atoms with E-state index < -0.39 is 0 Å². The Hall–Kier alpha value is -0.930. The highest BCUT2D eigenvalue weighted by Gasteiger charge is 2.08. The van der Waals surface area contributed by atoms with Crippen LogP contribution in [0.1, 0.15) is 6.92 Å². The fourth-order valence-electron chi connectivity index (χ4n) is 1.60. The molecule has 2 aromatic rings. The molecule has 84 valence electrons. The Morgan fingerprint density at radius 1 is 1.38 bits per heavy atom. The molecule has 0 amide bonds. The van der Waals surface area contributed by atoms with Crippen LogP contribution in [0.3, 0.4) is 0 Å². The molecule has 4 heteroatoms. The summed E-state index contributed by atoms with van der Waals surface area (Å²) in [5, 5.41) is 2.81. The molecule has 0 saturated heterocycles. The number of methoxy groups -OCH3 is 1. The van der Waals surface area contributed by atoms with Gasteiger partial charge in [-0.3, -0.25) is 0 Å². The van der Waals surface area contributed by atoms with Crippen LogP contribution in [0, 0.1) is 0 Å². The molecule has 1 heterocycles. The van der Waals surface area contributed by atoms with E-state index in [0.717, 1.165) is 21.4 Å². The fraction of sp³-hybridized carbons (Fsp3) is 0.250. The van der Waals surface area contributed by atoms with Gasteiger partial charge in [0.05, 0.1) is 7.11 Å². The molecule has 0 saturated carbocycles. The Kier molecular flexibility index (Phi) is 3.56. The lowest BCUT2D eigenvalue weighted by molar-refractivity contribution is 0.403. The lowest BCUT2D eigenvalue weighted by Gasteiger charge is -2.08. The van der Waals surface area contributed by atoms with E-state index in [1.165, 1.54) is 0 Å². The van der Waals surface area contributed by atoms with Gasteiger partial charge in [-0.2, -0.15) is 0 Å². The van der Waals surface area contributed by atoms with Gasteiger partial charge in [0.15, 0.2) is 0 Å². The van der Waals surface area contributed by atoms with E-state index in [1.807, 2.05) is 24.4 Å². The normalized spacial score (nSPS) is 10.7. The summed E-state index contributed by atoms with van der Waals surface area (Å²) in [5.41, 5.74) is 0. The molecule has 0 spiro atoms. The van der Waals surface area contributed by atoms with Crippen molar-refractivity contribution in [1.29, 1.82) is 0 Å². The zero-order chi connectivity index (χ0) is 11.5. The number of fused-ring (bicyclic) bond motifs is 1. The molecule has 0 fully saturated rings. The monoisotopic (exact) mass is 253 g/mol. The first-order valence-electron chi connectivity index (χ1n) is 5.01. The van der Waals surface area contributed by atoms with E-state index in [0.29, 0.717) is 10.9 Å². The predicted octanol–water partition coefficient (Wildman–Crippen LogP) is 4.01. The lowest BCUT2D eigenvalue weighted by Crippen LogP contribution is -1.90. The van der Waals surface area contributed by atoms with Crippen LogP contribution in [0.25, 0.3) is 10.8 Å². The Balaban J connectivity index is 2.69. The molecule has 16 heavy (non-hydrogen) atoms. The first-order valence-corrected chi connectivity index (χ1v) is 6.37. The van der Waals surface area contributed by atoms with Gasteiger partial charge in [-0.15, -0.1) is 11.8 Å². The van der Waals surface area contributed by atoms with Gasteiger partial charge in [0.25, 0.3) is 0 Å². The van der Waals surface area contributed by atoms with Crippen molar-refractivity contribution in [2.45, 2.75) is 11.8 Å². The third kappa shape index (κ3) is 2.11. The topological polar surface area (TPSA) is 22.1 Å². The van der Waals surface area contributed by atoms with Crippen molar-refractivity contribution in [2.75, 3.05) is 12.9 Å². The molecule has 1 aromatic heterocycles. The SMILES string of the molecule is CCSc1cnc(OC)c2cc(Cl)ccc12. The fourth-order valence-corrected chi connectivity index (χ4v) is 2.54. The van der Waals surface area contributed by atoms with E-state index in [9.17, 15) is 0 Å². The molecule has 0 N–H and O–H groups in total. The molecular weight excluding hydrogens is 242 g/mol. The number of rotatable bonds is 3. The van der Waals surface area contributed by atoms with Crippen LogP contribution in [0.15, 0.2) is 29.3 Å². The standard InChI is InChI=1S/C12H12ClNOS/c1-3-16-11-7-14-12(15-2)10-6-8(13)4-5-9(10)11/h4-7H,3H2,1-2H3. The highest BCUT2D eigenvalue weighted by molar-refractivity contribution is 7.99. The van der Waals surface area contributed by atoms with Gasteiger partial charge >= 0.3 is 0 Å². The molecule has 1 aromatic carbocycles. The Bertz CT molecular complexity index is 516. The maximum atomic E-state index is 5.99. The number of halogens is 1. The highest BCUT2D eigenvalue weighted by atomic mass is 35.5. The van der Waals surface area contributed by atoms with E-state index in [-0.39, 0.29) is 0 Å². The van der Waals surface area contributed by atoms with Gasteiger partial charge in [0.2, 0.25) is 5.88 Å². The lowest BCUT2D eigenvalue weighted by atomic mass is 10.2. The predicted molar refractivity (Wildman–Crippen MR) is 69.7 cm³/mol. The van der Waals surface area contributed by atoms with Crippen molar-refractivity contribution >= 4 is 34.1 Å². The first kappa shape index (κ1) is 11.6. The number of ether oxygens (including phenoxy) is 1. The largest absolute Gasteiger partial charge is 0.481 e. The molecule has 0 aliphatic rings. The molecular formula is C12H12ClNOS. The maximum absolute atomic E-state index is 5.99. The van der Waals surface area contributed by atoms with E-state index in [1.54, 1.807) is 18.9 Å². The first-order chi connectivity index (χ1) is 7.76. The third-order valence-corrected chi connectivity index (χ3v) is 3.43.